The van der Waals surface area contributed by atoms with Crippen LogP contribution >= 0.6 is 0 Å². The lowest BCUT2D eigenvalue weighted by Gasteiger charge is -1.93. The van der Waals surface area contributed by atoms with E-state index in [2.05, 4.69) is 32.2 Å². The first kappa shape index (κ1) is 9.09. The van der Waals surface area contributed by atoms with Crippen molar-refractivity contribution >= 4 is 0 Å². The Hall–Kier alpha value is -0.480. The highest BCUT2D eigenvalue weighted by molar-refractivity contribution is 5.13. The van der Waals surface area contributed by atoms with Crippen molar-refractivity contribution in [3.63, 3.8) is 0 Å². The number of allylic oxidation sites excluding steroid dienone is 1. The van der Waals surface area contributed by atoms with Gasteiger partial charge in [0.05, 0.1) is 0 Å². The molecular weight excluding hydrogens is 156 g/mol. The summed E-state index contributed by atoms with van der Waals surface area (Å²) in [5.41, 5.74) is 2.96. The van der Waals surface area contributed by atoms with Gasteiger partial charge in [-0.3, -0.25) is 0 Å². The molecular formula is C13H20. The maximum atomic E-state index is 3.68. The Kier molecular flexibility index (Phi) is 2.34. The monoisotopic (exact) mass is 176 g/mol. The Bertz CT molecular complexity index is 234. The molecule has 0 spiro atoms. The molecule has 0 N–H and O–H groups in total. The Morgan fingerprint density at radius 3 is 2.62 bits per heavy atom. The first-order chi connectivity index (χ1) is 6.33. The van der Waals surface area contributed by atoms with Crippen LogP contribution in [-0.2, 0) is 0 Å². The molecule has 0 amide bonds. The highest BCUT2D eigenvalue weighted by Gasteiger charge is 2.57. The van der Waals surface area contributed by atoms with E-state index >= 15 is 0 Å². The summed E-state index contributed by atoms with van der Waals surface area (Å²) < 4.78 is 0. The summed E-state index contributed by atoms with van der Waals surface area (Å²) in [4.78, 5) is 0. The van der Waals surface area contributed by atoms with Crippen LogP contribution in [0.15, 0.2) is 18.4 Å². The van der Waals surface area contributed by atoms with E-state index in [1.54, 1.807) is 0 Å². The zero-order valence-electron chi connectivity index (χ0n) is 8.79. The molecule has 2 saturated carbocycles. The topological polar surface area (TPSA) is 0 Å². The minimum atomic E-state index is 0.837. The zero-order chi connectivity index (χ0) is 9.42. The van der Waals surface area contributed by atoms with Crippen molar-refractivity contribution in [2.75, 3.05) is 0 Å². The molecule has 5 unspecified atom stereocenters. The molecule has 5 atom stereocenters. The van der Waals surface area contributed by atoms with Crippen LogP contribution in [0.5, 0.6) is 0 Å². The molecule has 0 aromatic rings. The molecule has 72 valence electrons. The molecule has 2 aliphatic carbocycles. The Labute approximate surface area is 81.7 Å². The predicted molar refractivity (Wildman–Crippen MR) is 56.4 cm³/mol. The third-order valence-electron chi connectivity index (χ3n) is 4.07. The van der Waals surface area contributed by atoms with Crippen LogP contribution < -0.4 is 0 Å². The molecule has 0 aromatic carbocycles. The van der Waals surface area contributed by atoms with E-state index in [-0.39, 0.29) is 0 Å². The highest BCUT2D eigenvalue weighted by atomic mass is 14.6. The summed E-state index contributed by atoms with van der Waals surface area (Å²) in [6, 6.07) is 0. The van der Waals surface area contributed by atoms with Crippen LogP contribution in [0.3, 0.4) is 0 Å². The van der Waals surface area contributed by atoms with E-state index in [0.29, 0.717) is 0 Å². The van der Waals surface area contributed by atoms with Crippen molar-refractivity contribution < 1.29 is 0 Å². The first-order valence-corrected chi connectivity index (χ1v) is 5.69. The largest absolute Gasteiger partial charge is 0.133 e. The van der Waals surface area contributed by atoms with E-state index in [1.165, 1.54) is 19.3 Å². The summed E-state index contributed by atoms with van der Waals surface area (Å²) in [5, 5.41) is 0. The Balaban J connectivity index is 1.91. The third kappa shape index (κ3) is 1.48. The van der Waals surface area contributed by atoms with Gasteiger partial charge >= 0.3 is 0 Å². The summed E-state index contributed by atoms with van der Waals surface area (Å²) >= 11 is 0. The van der Waals surface area contributed by atoms with Gasteiger partial charge in [0.1, 0.15) is 0 Å². The van der Waals surface area contributed by atoms with Crippen molar-refractivity contribution in [2.45, 2.75) is 33.1 Å². The van der Waals surface area contributed by atoms with Crippen molar-refractivity contribution in [1.29, 1.82) is 0 Å². The molecule has 0 bridgehead atoms. The van der Waals surface area contributed by atoms with E-state index in [0.717, 1.165) is 29.6 Å². The van der Waals surface area contributed by atoms with Gasteiger partial charge in [-0.2, -0.15) is 0 Å². The normalized spacial score (nSPS) is 46.8. The summed E-state index contributed by atoms with van der Waals surface area (Å²) in [6.45, 7) is 8.33. The maximum Gasteiger partial charge on any atom is -0.00925 e. The summed E-state index contributed by atoms with van der Waals surface area (Å²) in [6.07, 6.45) is 6.45. The fourth-order valence-electron chi connectivity index (χ4n) is 3.16. The molecule has 2 fully saturated rings. The number of hydrogen-bond acceptors (Lipinski definition) is 0. The Morgan fingerprint density at radius 1 is 1.38 bits per heavy atom. The van der Waals surface area contributed by atoms with E-state index < -0.39 is 0 Å². The van der Waals surface area contributed by atoms with Crippen LogP contribution in [0, 0.1) is 29.6 Å². The predicted octanol–water partition coefficient (Wildman–Crippen LogP) is 3.65. The molecule has 0 saturated heterocycles. The van der Waals surface area contributed by atoms with E-state index in [9.17, 15) is 0 Å². The van der Waals surface area contributed by atoms with E-state index in [4.69, 9.17) is 0 Å². The average molecular weight is 176 g/mol. The molecule has 0 heteroatoms. The minimum Gasteiger partial charge on any atom is -0.133 e. The maximum absolute atomic E-state index is 3.68. The van der Waals surface area contributed by atoms with Crippen molar-refractivity contribution in [2.24, 2.45) is 29.6 Å². The van der Waals surface area contributed by atoms with Crippen LogP contribution in [-0.4, -0.2) is 0 Å². The second-order valence-corrected chi connectivity index (χ2v) is 4.67. The highest BCUT2D eigenvalue weighted by Crippen LogP contribution is 2.63. The first-order valence-electron chi connectivity index (χ1n) is 5.69. The van der Waals surface area contributed by atoms with Crippen LogP contribution in [0.1, 0.15) is 33.1 Å². The molecule has 0 nitrogen and oxygen atoms in total. The summed E-state index contributed by atoms with van der Waals surface area (Å²) in [7, 11) is 0. The SMILES string of the molecule is C=C=CC1C(CC)C1C1CC1CC. The average Bonchev–Trinajstić information content (AvgIpc) is 2.96. The van der Waals surface area contributed by atoms with Gasteiger partial charge in [-0.1, -0.05) is 33.3 Å². The van der Waals surface area contributed by atoms with Gasteiger partial charge in [-0.25, -0.2) is 0 Å². The lowest BCUT2D eigenvalue weighted by Crippen LogP contribution is -1.87. The van der Waals surface area contributed by atoms with Crippen LogP contribution in [0.2, 0.25) is 0 Å². The quantitative estimate of drug-likeness (QED) is 0.574. The van der Waals surface area contributed by atoms with Crippen LogP contribution in [0.25, 0.3) is 0 Å². The van der Waals surface area contributed by atoms with Gasteiger partial charge in [-0.05, 0) is 42.1 Å². The molecule has 2 aliphatic rings. The van der Waals surface area contributed by atoms with Gasteiger partial charge < -0.3 is 0 Å². The van der Waals surface area contributed by atoms with Crippen molar-refractivity contribution in [3.05, 3.63) is 18.4 Å². The minimum absolute atomic E-state index is 0.837. The van der Waals surface area contributed by atoms with Gasteiger partial charge in [0, 0.05) is 0 Å². The smallest absolute Gasteiger partial charge is 0.00925 e. The lowest BCUT2D eigenvalue weighted by atomic mass is 10.1. The fraction of sp³-hybridized carbons (Fsp3) is 0.769. The lowest BCUT2D eigenvalue weighted by molar-refractivity contribution is 0.558. The molecule has 0 radical (unpaired) electrons. The molecule has 2 rings (SSSR count). The Morgan fingerprint density at radius 2 is 2.15 bits per heavy atom. The van der Waals surface area contributed by atoms with Crippen LogP contribution in [0.4, 0.5) is 0 Å². The number of rotatable bonds is 4. The second-order valence-electron chi connectivity index (χ2n) is 4.67. The van der Waals surface area contributed by atoms with E-state index in [1.807, 2.05) is 0 Å². The third-order valence-corrected chi connectivity index (χ3v) is 4.07. The summed E-state index contributed by atoms with van der Waals surface area (Å²) in [5.74, 6) is 4.93. The standard InChI is InChI=1S/C13H20/c1-4-7-11-10(6-3)13(11)12-8-9(12)5-2/h7,9-13H,1,5-6,8H2,2-3H3. The van der Waals surface area contributed by atoms with Gasteiger partial charge in [0.25, 0.3) is 0 Å². The second kappa shape index (κ2) is 3.35. The molecule has 0 aliphatic heterocycles. The molecule has 13 heavy (non-hydrogen) atoms. The molecule has 0 heterocycles. The fourth-order valence-corrected chi connectivity index (χ4v) is 3.16. The van der Waals surface area contributed by atoms with Crippen molar-refractivity contribution in [3.8, 4) is 0 Å². The zero-order valence-corrected chi connectivity index (χ0v) is 8.79. The van der Waals surface area contributed by atoms with Gasteiger partial charge in [-0.15, -0.1) is 5.73 Å². The van der Waals surface area contributed by atoms with Gasteiger partial charge in [0.15, 0.2) is 0 Å². The molecule has 0 aromatic heterocycles. The number of hydrogen-bond donors (Lipinski definition) is 0. The van der Waals surface area contributed by atoms with Crippen molar-refractivity contribution in [1.82, 2.24) is 0 Å². The van der Waals surface area contributed by atoms with Gasteiger partial charge in [0.2, 0.25) is 0 Å².